The molecule has 0 atom stereocenters. The molecule has 0 fully saturated rings. The molecule has 0 amide bonds. The van der Waals surface area contributed by atoms with E-state index in [1.54, 1.807) is 0 Å². The number of benzene rings is 2. The van der Waals surface area contributed by atoms with E-state index in [1.165, 1.54) is 22.3 Å². The summed E-state index contributed by atoms with van der Waals surface area (Å²) in [5.41, 5.74) is 8.56. The minimum atomic E-state index is 0.0109. The molecule has 0 unspecified atom stereocenters. The maximum atomic E-state index is 4.66. The van der Waals surface area contributed by atoms with E-state index in [4.69, 9.17) is 0 Å². The zero-order chi connectivity index (χ0) is 17.0. The number of fused-ring (bicyclic) bond motifs is 4. The molecule has 0 spiro atoms. The van der Waals surface area contributed by atoms with Crippen LogP contribution in [0.5, 0.6) is 0 Å². The zero-order valence-corrected chi connectivity index (χ0v) is 14.3. The summed E-state index contributed by atoms with van der Waals surface area (Å²) >= 11 is 0. The van der Waals surface area contributed by atoms with Crippen molar-refractivity contribution in [2.45, 2.75) is 19.3 Å². The first-order chi connectivity index (χ1) is 12.1. The van der Waals surface area contributed by atoms with E-state index in [2.05, 4.69) is 72.3 Å². The fourth-order valence-corrected chi connectivity index (χ4v) is 3.99. The highest BCUT2D eigenvalue weighted by molar-refractivity contribution is 5.85. The summed E-state index contributed by atoms with van der Waals surface area (Å²) < 4.78 is 0. The van der Waals surface area contributed by atoms with Gasteiger partial charge in [0.05, 0.1) is 11.2 Å². The monoisotopic (exact) mass is 322 g/mol. The predicted molar refractivity (Wildman–Crippen MR) is 103 cm³/mol. The summed E-state index contributed by atoms with van der Waals surface area (Å²) in [5, 5.41) is 1.07. The van der Waals surface area contributed by atoms with E-state index in [0.29, 0.717) is 0 Å². The molecule has 4 aromatic rings. The Morgan fingerprint density at radius 1 is 0.760 bits per heavy atom. The predicted octanol–water partition coefficient (Wildman–Crippen LogP) is 5.60. The van der Waals surface area contributed by atoms with Crippen LogP contribution >= 0.6 is 0 Å². The van der Waals surface area contributed by atoms with Gasteiger partial charge in [0.25, 0.3) is 0 Å². The van der Waals surface area contributed by atoms with E-state index in [9.17, 15) is 0 Å². The molecule has 0 saturated carbocycles. The summed E-state index contributed by atoms with van der Waals surface area (Å²) in [5.74, 6) is 0. The second-order valence-corrected chi connectivity index (χ2v) is 7.20. The lowest BCUT2D eigenvalue weighted by Crippen LogP contribution is -2.14. The molecule has 2 heterocycles. The Balaban J connectivity index is 1.69. The van der Waals surface area contributed by atoms with Crippen LogP contribution in [0, 0.1) is 0 Å². The molecule has 1 aliphatic rings. The molecule has 0 radical (unpaired) electrons. The van der Waals surface area contributed by atoms with Gasteiger partial charge in [0.15, 0.2) is 0 Å². The van der Waals surface area contributed by atoms with Crippen molar-refractivity contribution in [1.82, 2.24) is 9.97 Å². The Kier molecular flexibility index (Phi) is 2.87. The van der Waals surface area contributed by atoms with Crippen molar-refractivity contribution in [2.24, 2.45) is 0 Å². The van der Waals surface area contributed by atoms with E-state index in [0.717, 1.165) is 22.2 Å². The Morgan fingerprint density at radius 3 is 2.52 bits per heavy atom. The molecule has 2 nitrogen and oxygen atoms in total. The van der Waals surface area contributed by atoms with Crippen LogP contribution in [0.2, 0.25) is 0 Å². The minimum absolute atomic E-state index is 0.0109. The molecule has 120 valence electrons. The molecular formula is C23H18N2. The van der Waals surface area contributed by atoms with Crippen molar-refractivity contribution in [3.63, 3.8) is 0 Å². The lowest BCUT2D eigenvalue weighted by Gasteiger charge is -2.21. The van der Waals surface area contributed by atoms with Gasteiger partial charge < -0.3 is 0 Å². The molecule has 1 aliphatic carbocycles. The van der Waals surface area contributed by atoms with Gasteiger partial charge in [-0.25, -0.2) is 0 Å². The standard InChI is InChI=1S/C23H18N2/c1-23(2)19-8-4-3-7-17(19)18-10-9-15(12-20(18)23)21-13-22-16(14-25-21)6-5-11-24-22/h3-14H,1-2H3. The number of pyridine rings is 2. The molecule has 0 aliphatic heterocycles. The van der Waals surface area contributed by atoms with Crippen LogP contribution in [0.1, 0.15) is 25.0 Å². The van der Waals surface area contributed by atoms with Crippen molar-refractivity contribution in [3.05, 3.63) is 84.2 Å². The number of aromatic nitrogens is 2. The van der Waals surface area contributed by atoms with Gasteiger partial charge in [-0.15, -0.1) is 0 Å². The highest BCUT2D eigenvalue weighted by Gasteiger charge is 2.35. The van der Waals surface area contributed by atoms with Crippen LogP contribution in [-0.2, 0) is 5.41 Å². The molecule has 2 aromatic heterocycles. The van der Waals surface area contributed by atoms with Gasteiger partial charge in [0.1, 0.15) is 0 Å². The van der Waals surface area contributed by atoms with Gasteiger partial charge in [-0.1, -0.05) is 50.2 Å². The third-order valence-corrected chi connectivity index (χ3v) is 5.37. The van der Waals surface area contributed by atoms with Crippen LogP contribution in [0.3, 0.4) is 0 Å². The minimum Gasteiger partial charge on any atom is -0.256 e. The van der Waals surface area contributed by atoms with Crippen LogP contribution in [-0.4, -0.2) is 9.97 Å². The topological polar surface area (TPSA) is 25.8 Å². The first-order valence-corrected chi connectivity index (χ1v) is 8.60. The van der Waals surface area contributed by atoms with Crippen LogP contribution in [0.15, 0.2) is 73.1 Å². The molecule has 25 heavy (non-hydrogen) atoms. The lowest BCUT2D eigenvalue weighted by molar-refractivity contribution is 0.660. The highest BCUT2D eigenvalue weighted by Crippen LogP contribution is 2.49. The van der Waals surface area contributed by atoms with Gasteiger partial charge in [-0.3, -0.25) is 9.97 Å². The van der Waals surface area contributed by atoms with E-state index < -0.39 is 0 Å². The molecular weight excluding hydrogens is 304 g/mol. The lowest BCUT2D eigenvalue weighted by atomic mass is 9.82. The molecule has 2 aromatic carbocycles. The quantitative estimate of drug-likeness (QED) is 0.455. The average Bonchev–Trinajstić information content (AvgIpc) is 2.89. The van der Waals surface area contributed by atoms with E-state index in [1.807, 2.05) is 24.5 Å². The number of hydrogen-bond acceptors (Lipinski definition) is 2. The summed E-state index contributed by atoms with van der Waals surface area (Å²) in [6.07, 6.45) is 3.74. The Hall–Kier alpha value is -3.00. The summed E-state index contributed by atoms with van der Waals surface area (Å²) in [4.78, 5) is 9.12. The third-order valence-electron chi connectivity index (χ3n) is 5.37. The van der Waals surface area contributed by atoms with Crippen LogP contribution in [0.4, 0.5) is 0 Å². The first kappa shape index (κ1) is 14.4. The SMILES string of the molecule is CC1(C)c2ccccc2-c2ccc(-c3cc4ncccc4cn3)cc21. The Bertz CT molecular complexity index is 1130. The van der Waals surface area contributed by atoms with Crippen LogP contribution in [0.25, 0.3) is 33.3 Å². The molecule has 2 heteroatoms. The fourth-order valence-electron chi connectivity index (χ4n) is 3.99. The second-order valence-electron chi connectivity index (χ2n) is 7.20. The average molecular weight is 322 g/mol. The fraction of sp³-hybridized carbons (Fsp3) is 0.130. The van der Waals surface area contributed by atoms with Crippen molar-refractivity contribution >= 4 is 10.9 Å². The zero-order valence-electron chi connectivity index (χ0n) is 14.3. The van der Waals surface area contributed by atoms with Gasteiger partial charge in [0.2, 0.25) is 0 Å². The maximum Gasteiger partial charge on any atom is 0.0739 e. The van der Waals surface area contributed by atoms with Crippen molar-refractivity contribution in [3.8, 4) is 22.4 Å². The Labute approximate surface area is 147 Å². The largest absolute Gasteiger partial charge is 0.256 e. The summed E-state index contributed by atoms with van der Waals surface area (Å²) in [6, 6.07) is 21.5. The number of rotatable bonds is 1. The molecule has 5 rings (SSSR count). The van der Waals surface area contributed by atoms with E-state index in [-0.39, 0.29) is 5.41 Å². The van der Waals surface area contributed by atoms with Crippen molar-refractivity contribution < 1.29 is 0 Å². The third kappa shape index (κ3) is 2.04. The van der Waals surface area contributed by atoms with Gasteiger partial charge >= 0.3 is 0 Å². The van der Waals surface area contributed by atoms with Crippen LogP contribution < -0.4 is 0 Å². The molecule has 0 saturated heterocycles. The van der Waals surface area contributed by atoms with Gasteiger partial charge in [0, 0.05) is 28.8 Å². The molecule has 0 bridgehead atoms. The normalized spacial score (nSPS) is 14.3. The highest BCUT2D eigenvalue weighted by atomic mass is 14.7. The Morgan fingerprint density at radius 2 is 1.60 bits per heavy atom. The number of hydrogen-bond donors (Lipinski definition) is 0. The van der Waals surface area contributed by atoms with Crippen molar-refractivity contribution in [2.75, 3.05) is 0 Å². The van der Waals surface area contributed by atoms with Gasteiger partial charge in [-0.2, -0.15) is 0 Å². The number of nitrogens with zero attached hydrogens (tertiary/aromatic N) is 2. The maximum absolute atomic E-state index is 4.66. The van der Waals surface area contributed by atoms with Gasteiger partial charge in [-0.05, 0) is 46.5 Å². The summed E-state index contributed by atoms with van der Waals surface area (Å²) in [7, 11) is 0. The summed E-state index contributed by atoms with van der Waals surface area (Å²) in [6.45, 7) is 4.60. The molecule has 0 N–H and O–H groups in total. The van der Waals surface area contributed by atoms with E-state index >= 15 is 0 Å². The second kappa shape index (κ2) is 5.00. The van der Waals surface area contributed by atoms with Crippen molar-refractivity contribution in [1.29, 1.82) is 0 Å². The smallest absolute Gasteiger partial charge is 0.0739 e. The first-order valence-electron chi connectivity index (χ1n) is 8.60.